The van der Waals surface area contributed by atoms with Gasteiger partial charge in [0.25, 0.3) is 0 Å². The van der Waals surface area contributed by atoms with Gasteiger partial charge >= 0.3 is 5.97 Å². The molecule has 0 N–H and O–H groups in total. The van der Waals surface area contributed by atoms with E-state index in [4.69, 9.17) is 18.9 Å². The molecular formula is C28H30N4O4S. The van der Waals surface area contributed by atoms with Gasteiger partial charge in [0.1, 0.15) is 17.2 Å². The van der Waals surface area contributed by atoms with Gasteiger partial charge in [-0.3, -0.25) is 9.69 Å². The zero-order valence-corrected chi connectivity index (χ0v) is 21.9. The SMILES string of the molecule is C=CCN(CC(=O)OCC)Cc1cccc(OCCc2nc(-c3ccc(-c4csnn4)cc3)oc2C)c1. The van der Waals surface area contributed by atoms with Crippen molar-refractivity contribution in [3.05, 3.63) is 83.6 Å². The Bertz CT molecular complexity index is 1300. The van der Waals surface area contributed by atoms with Crippen LogP contribution in [-0.2, 0) is 22.5 Å². The summed E-state index contributed by atoms with van der Waals surface area (Å²) in [6.07, 6.45) is 2.40. The molecule has 2 aromatic heterocycles. The molecule has 9 heteroatoms. The van der Waals surface area contributed by atoms with Crippen LogP contribution in [0.3, 0.4) is 0 Å². The number of aryl methyl sites for hydroxylation is 1. The number of rotatable bonds is 13. The lowest BCUT2D eigenvalue weighted by molar-refractivity contribution is -0.144. The quantitative estimate of drug-likeness (QED) is 0.173. The van der Waals surface area contributed by atoms with Crippen LogP contribution in [-0.4, -0.2) is 51.7 Å². The average Bonchev–Trinajstić information content (AvgIpc) is 3.55. The first-order chi connectivity index (χ1) is 18.1. The number of ether oxygens (including phenoxy) is 2. The van der Waals surface area contributed by atoms with Crippen LogP contribution in [0.15, 0.2) is 71.0 Å². The van der Waals surface area contributed by atoms with E-state index in [1.165, 1.54) is 11.5 Å². The number of hydrogen-bond acceptors (Lipinski definition) is 9. The molecule has 0 spiro atoms. The lowest BCUT2D eigenvalue weighted by Crippen LogP contribution is -2.30. The number of aromatic nitrogens is 3. The first-order valence-electron chi connectivity index (χ1n) is 12.1. The molecule has 2 heterocycles. The minimum absolute atomic E-state index is 0.212. The monoisotopic (exact) mass is 518 g/mol. The van der Waals surface area contributed by atoms with E-state index in [1.807, 2.05) is 65.7 Å². The summed E-state index contributed by atoms with van der Waals surface area (Å²) in [6, 6.07) is 15.8. The number of carbonyl (C=O) groups is 1. The number of oxazole rings is 1. The van der Waals surface area contributed by atoms with Gasteiger partial charge in [0.2, 0.25) is 5.89 Å². The Hall–Kier alpha value is -3.82. The van der Waals surface area contributed by atoms with Crippen molar-refractivity contribution in [3.63, 3.8) is 0 Å². The van der Waals surface area contributed by atoms with E-state index in [0.717, 1.165) is 39.6 Å². The Kier molecular flexibility index (Phi) is 9.18. The van der Waals surface area contributed by atoms with Crippen LogP contribution in [0.4, 0.5) is 0 Å². The molecule has 0 aliphatic rings. The third-order valence-corrected chi connectivity index (χ3v) is 6.14. The maximum absolute atomic E-state index is 11.9. The van der Waals surface area contributed by atoms with Gasteiger partial charge < -0.3 is 13.9 Å². The lowest BCUT2D eigenvalue weighted by atomic mass is 10.1. The number of benzene rings is 2. The smallest absolute Gasteiger partial charge is 0.320 e. The zero-order chi connectivity index (χ0) is 26.0. The van der Waals surface area contributed by atoms with Crippen LogP contribution in [0, 0.1) is 6.92 Å². The van der Waals surface area contributed by atoms with Crippen LogP contribution in [0.1, 0.15) is 23.9 Å². The number of carbonyl (C=O) groups excluding carboxylic acids is 1. The van der Waals surface area contributed by atoms with Crippen LogP contribution in [0.5, 0.6) is 5.75 Å². The van der Waals surface area contributed by atoms with E-state index >= 15 is 0 Å². The number of nitrogens with zero attached hydrogens (tertiary/aromatic N) is 4. The fourth-order valence-corrected chi connectivity index (χ4v) is 4.34. The van der Waals surface area contributed by atoms with E-state index in [1.54, 1.807) is 13.0 Å². The van der Waals surface area contributed by atoms with Crippen molar-refractivity contribution in [1.29, 1.82) is 0 Å². The lowest BCUT2D eigenvalue weighted by Gasteiger charge is -2.20. The molecule has 0 saturated carbocycles. The van der Waals surface area contributed by atoms with Crippen LogP contribution < -0.4 is 4.74 Å². The number of esters is 1. The maximum Gasteiger partial charge on any atom is 0.320 e. The van der Waals surface area contributed by atoms with Crippen molar-refractivity contribution in [1.82, 2.24) is 19.5 Å². The molecule has 2 aromatic carbocycles. The first-order valence-corrected chi connectivity index (χ1v) is 12.9. The van der Waals surface area contributed by atoms with E-state index in [0.29, 0.717) is 38.6 Å². The van der Waals surface area contributed by atoms with E-state index in [-0.39, 0.29) is 12.5 Å². The summed E-state index contributed by atoms with van der Waals surface area (Å²) in [4.78, 5) is 18.6. The highest BCUT2D eigenvalue weighted by atomic mass is 32.1. The predicted octanol–water partition coefficient (Wildman–Crippen LogP) is 5.34. The molecule has 0 amide bonds. The summed E-state index contributed by atoms with van der Waals surface area (Å²) in [6.45, 7) is 9.73. The van der Waals surface area contributed by atoms with Gasteiger partial charge in [-0.05, 0) is 55.2 Å². The molecule has 0 aliphatic heterocycles. The Labute approximate surface area is 220 Å². The van der Waals surface area contributed by atoms with Gasteiger partial charge in [-0.25, -0.2) is 4.98 Å². The third-order valence-electron chi connectivity index (χ3n) is 5.64. The van der Waals surface area contributed by atoms with Gasteiger partial charge in [-0.1, -0.05) is 34.8 Å². The predicted molar refractivity (Wildman–Crippen MR) is 143 cm³/mol. The van der Waals surface area contributed by atoms with Crippen LogP contribution in [0.25, 0.3) is 22.7 Å². The van der Waals surface area contributed by atoms with E-state index < -0.39 is 0 Å². The average molecular weight is 519 g/mol. The number of hydrogen-bond donors (Lipinski definition) is 0. The van der Waals surface area contributed by atoms with Crippen molar-refractivity contribution in [2.75, 3.05) is 26.3 Å². The van der Waals surface area contributed by atoms with E-state index in [9.17, 15) is 4.79 Å². The highest BCUT2D eigenvalue weighted by molar-refractivity contribution is 7.03. The minimum Gasteiger partial charge on any atom is -0.493 e. The van der Waals surface area contributed by atoms with E-state index in [2.05, 4.69) is 16.2 Å². The molecule has 37 heavy (non-hydrogen) atoms. The minimum atomic E-state index is -0.244. The molecule has 0 fully saturated rings. The highest BCUT2D eigenvalue weighted by Crippen LogP contribution is 2.26. The Balaban J connectivity index is 1.33. The molecule has 0 atom stereocenters. The third kappa shape index (κ3) is 7.34. The normalized spacial score (nSPS) is 11.0. The first kappa shape index (κ1) is 26.2. The fourth-order valence-electron chi connectivity index (χ4n) is 3.87. The van der Waals surface area contributed by atoms with Crippen LogP contribution >= 0.6 is 11.5 Å². The molecule has 0 saturated heterocycles. The van der Waals surface area contributed by atoms with Crippen molar-refractivity contribution in [3.8, 4) is 28.5 Å². The molecule has 192 valence electrons. The van der Waals surface area contributed by atoms with Crippen LogP contribution in [0.2, 0.25) is 0 Å². The summed E-state index contributed by atoms with van der Waals surface area (Å²) in [7, 11) is 0. The van der Waals surface area contributed by atoms with Crippen molar-refractivity contribution >= 4 is 17.5 Å². The van der Waals surface area contributed by atoms with Gasteiger partial charge in [-0.2, -0.15) is 0 Å². The van der Waals surface area contributed by atoms with Gasteiger partial charge in [-0.15, -0.1) is 11.7 Å². The molecule has 0 aliphatic carbocycles. The maximum atomic E-state index is 11.9. The summed E-state index contributed by atoms with van der Waals surface area (Å²) < 4.78 is 20.9. The summed E-state index contributed by atoms with van der Waals surface area (Å²) in [5.41, 5.74) is 4.67. The standard InChI is InChI=1S/C28H30N4O4S/c1-4-14-32(18-27(33)34-5-2)17-21-7-6-8-24(16-21)35-15-13-25-20(3)36-28(29-25)23-11-9-22(10-12-23)26-19-37-31-30-26/h4,6-12,16,19H,1,5,13-15,17-18H2,2-3H3. The molecule has 0 radical (unpaired) electrons. The molecule has 0 bridgehead atoms. The Morgan fingerprint density at radius 1 is 1.19 bits per heavy atom. The topological polar surface area (TPSA) is 90.6 Å². The molecule has 0 unspecified atom stereocenters. The molecule has 4 aromatic rings. The molecule has 8 nitrogen and oxygen atoms in total. The van der Waals surface area contributed by atoms with Gasteiger partial charge in [0, 0.05) is 36.0 Å². The summed E-state index contributed by atoms with van der Waals surface area (Å²) in [5.74, 6) is 1.88. The second-order valence-electron chi connectivity index (χ2n) is 8.40. The molecular weight excluding hydrogens is 488 g/mol. The van der Waals surface area contributed by atoms with Crippen molar-refractivity contribution < 1.29 is 18.7 Å². The Morgan fingerprint density at radius 3 is 2.73 bits per heavy atom. The zero-order valence-electron chi connectivity index (χ0n) is 21.1. The summed E-state index contributed by atoms with van der Waals surface area (Å²) in [5, 5.41) is 6.02. The Morgan fingerprint density at radius 2 is 2.00 bits per heavy atom. The fraction of sp³-hybridized carbons (Fsp3) is 0.286. The van der Waals surface area contributed by atoms with Gasteiger partial charge in [0.15, 0.2) is 0 Å². The molecule has 4 rings (SSSR count). The highest BCUT2D eigenvalue weighted by Gasteiger charge is 2.14. The largest absolute Gasteiger partial charge is 0.493 e. The van der Waals surface area contributed by atoms with Gasteiger partial charge in [0.05, 0.1) is 25.5 Å². The summed E-state index contributed by atoms with van der Waals surface area (Å²) >= 11 is 1.33. The van der Waals surface area contributed by atoms with Crippen molar-refractivity contribution in [2.24, 2.45) is 0 Å². The van der Waals surface area contributed by atoms with Crippen molar-refractivity contribution in [2.45, 2.75) is 26.8 Å². The second-order valence-corrected chi connectivity index (χ2v) is 9.01. The second kappa shape index (κ2) is 12.9.